The van der Waals surface area contributed by atoms with Crippen molar-refractivity contribution in [3.05, 3.63) is 59.7 Å². The number of ether oxygens (including phenoxy) is 2. The average molecular weight is 381 g/mol. The maximum absolute atomic E-state index is 12.3. The Kier molecular flexibility index (Phi) is 4.81. The van der Waals surface area contributed by atoms with E-state index in [1.54, 1.807) is 0 Å². The third-order valence-electron chi connectivity index (χ3n) is 5.79. The van der Waals surface area contributed by atoms with Crippen molar-refractivity contribution in [3.63, 3.8) is 0 Å². The van der Waals surface area contributed by atoms with Crippen LogP contribution in [0.15, 0.2) is 48.5 Å². The number of benzene rings is 2. The number of alkyl carbamates (subject to hydrolysis) is 1. The van der Waals surface area contributed by atoms with Crippen molar-refractivity contribution in [3.8, 4) is 11.1 Å². The molecule has 0 unspecified atom stereocenters. The lowest BCUT2D eigenvalue weighted by Crippen LogP contribution is -2.54. The zero-order chi connectivity index (χ0) is 19.7. The number of aliphatic hydroxyl groups is 1. The van der Waals surface area contributed by atoms with Crippen molar-refractivity contribution in [2.75, 3.05) is 20.3 Å². The summed E-state index contributed by atoms with van der Waals surface area (Å²) >= 11 is 0. The van der Waals surface area contributed by atoms with E-state index in [-0.39, 0.29) is 31.9 Å². The van der Waals surface area contributed by atoms with E-state index in [2.05, 4.69) is 29.6 Å². The van der Waals surface area contributed by atoms with Crippen molar-refractivity contribution in [2.45, 2.75) is 24.9 Å². The first kappa shape index (κ1) is 18.5. The second kappa shape index (κ2) is 7.28. The van der Waals surface area contributed by atoms with Crippen LogP contribution in [0.4, 0.5) is 4.79 Å². The van der Waals surface area contributed by atoms with Gasteiger partial charge in [-0.05, 0) is 35.1 Å². The molecule has 0 aromatic heterocycles. The highest BCUT2D eigenvalue weighted by molar-refractivity contribution is 5.80. The second-order valence-corrected chi connectivity index (χ2v) is 7.51. The first-order valence-corrected chi connectivity index (χ1v) is 9.39. The van der Waals surface area contributed by atoms with Crippen LogP contribution in [0.2, 0.25) is 0 Å². The van der Waals surface area contributed by atoms with Crippen LogP contribution in [0.3, 0.4) is 0 Å². The minimum atomic E-state index is -0.861. The summed E-state index contributed by atoms with van der Waals surface area (Å²) in [5, 5.41) is 12.2. The summed E-state index contributed by atoms with van der Waals surface area (Å²) in [6, 6.07) is 16.3. The van der Waals surface area contributed by atoms with E-state index in [4.69, 9.17) is 9.47 Å². The molecule has 1 fully saturated rings. The fraction of sp³-hybridized carbons (Fsp3) is 0.364. The first-order valence-electron chi connectivity index (χ1n) is 9.39. The van der Waals surface area contributed by atoms with Gasteiger partial charge in [-0.2, -0.15) is 0 Å². The van der Waals surface area contributed by atoms with Gasteiger partial charge in [-0.1, -0.05) is 48.5 Å². The maximum Gasteiger partial charge on any atom is 0.407 e. The van der Waals surface area contributed by atoms with Crippen LogP contribution in [-0.4, -0.2) is 43.5 Å². The molecule has 1 amide bonds. The molecule has 0 heterocycles. The molecule has 6 nitrogen and oxygen atoms in total. The largest absolute Gasteiger partial charge is 0.469 e. The molecule has 0 radical (unpaired) electrons. The van der Waals surface area contributed by atoms with Crippen molar-refractivity contribution >= 4 is 12.1 Å². The van der Waals surface area contributed by atoms with E-state index in [1.165, 1.54) is 18.2 Å². The number of aliphatic hydroxyl groups excluding tert-OH is 1. The third-order valence-corrected chi connectivity index (χ3v) is 5.79. The Hall–Kier alpha value is -2.86. The molecule has 2 aliphatic carbocycles. The van der Waals surface area contributed by atoms with Crippen LogP contribution in [0.5, 0.6) is 0 Å². The number of hydrogen-bond donors (Lipinski definition) is 2. The molecule has 28 heavy (non-hydrogen) atoms. The number of rotatable bonds is 5. The van der Waals surface area contributed by atoms with Gasteiger partial charge < -0.3 is 19.9 Å². The Labute approximate surface area is 163 Å². The van der Waals surface area contributed by atoms with Gasteiger partial charge in [0, 0.05) is 12.5 Å². The molecular formula is C22H23NO5. The van der Waals surface area contributed by atoms with Crippen LogP contribution in [-0.2, 0) is 14.3 Å². The van der Waals surface area contributed by atoms with Gasteiger partial charge in [0.1, 0.15) is 6.61 Å². The Morgan fingerprint density at radius 1 is 1.07 bits per heavy atom. The molecule has 0 aliphatic heterocycles. The second-order valence-electron chi connectivity index (χ2n) is 7.51. The summed E-state index contributed by atoms with van der Waals surface area (Å²) in [5.41, 5.74) is 3.76. The highest BCUT2D eigenvalue weighted by Gasteiger charge is 2.51. The Morgan fingerprint density at radius 3 is 2.18 bits per heavy atom. The Balaban J connectivity index is 1.40. The molecule has 4 rings (SSSR count). The summed E-state index contributed by atoms with van der Waals surface area (Å²) < 4.78 is 10.3. The van der Waals surface area contributed by atoms with E-state index in [1.807, 2.05) is 24.3 Å². The maximum atomic E-state index is 12.3. The smallest absolute Gasteiger partial charge is 0.407 e. The van der Waals surface area contributed by atoms with Crippen LogP contribution in [0.1, 0.15) is 29.9 Å². The molecule has 0 atom stereocenters. The highest BCUT2D eigenvalue weighted by Crippen LogP contribution is 2.44. The lowest BCUT2D eigenvalue weighted by molar-refractivity contribution is -0.166. The Bertz CT molecular complexity index is 858. The zero-order valence-electron chi connectivity index (χ0n) is 15.7. The quantitative estimate of drug-likeness (QED) is 0.778. The average Bonchev–Trinajstić information content (AvgIpc) is 3.02. The minimum Gasteiger partial charge on any atom is -0.469 e. The van der Waals surface area contributed by atoms with E-state index in [9.17, 15) is 14.7 Å². The lowest BCUT2D eigenvalue weighted by Gasteiger charge is -2.42. The van der Waals surface area contributed by atoms with Crippen LogP contribution in [0.25, 0.3) is 11.1 Å². The van der Waals surface area contributed by atoms with Crippen molar-refractivity contribution in [2.24, 2.45) is 5.41 Å². The van der Waals surface area contributed by atoms with Crippen LogP contribution >= 0.6 is 0 Å². The molecular weight excluding hydrogens is 358 g/mol. The third kappa shape index (κ3) is 3.14. The molecule has 146 valence electrons. The minimum absolute atomic E-state index is 0.0155. The predicted octanol–water partition coefficient (Wildman–Crippen LogP) is 2.84. The van der Waals surface area contributed by atoms with Gasteiger partial charge in [0.2, 0.25) is 0 Å². The number of nitrogens with one attached hydrogen (secondary N) is 1. The molecule has 0 bridgehead atoms. The van der Waals surface area contributed by atoms with Gasteiger partial charge in [-0.25, -0.2) is 4.79 Å². The van der Waals surface area contributed by atoms with Gasteiger partial charge in [0.05, 0.1) is 18.6 Å². The molecule has 6 heteroatoms. The summed E-state index contributed by atoms with van der Waals surface area (Å²) in [4.78, 5) is 24.2. The monoisotopic (exact) mass is 381 g/mol. The van der Waals surface area contributed by atoms with E-state index < -0.39 is 23.6 Å². The molecule has 2 aromatic rings. The Morgan fingerprint density at radius 2 is 1.64 bits per heavy atom. The van der Waals surface area contributed by atoms with Crippen molar-refractivity contribution in [1.29, 1.82) is 0 Å². The summed E-state index contributed by atoms with van der Waals surface area (Å²) in [6.45, 7) is 0.307. The molecule has 1 saturated carbocycles. The van der Waals surface area contributed by atoms with Crippen LogP contribution < -0.4 is 5.32 Å². The summed E-state index contributed by atoms with van der Waals surface area (Å²) in [5.74, 6) is -0.435. The molecule has 2 aliphatic rings. The standard InChI is InChI=1S/C22H23NO5/c1-27-20(25)22(10-14(24)11-22)13-23-21(26)28-12-19-17-8-4-2-6-15(17)16-7-3-5-9-18(16)19/h2-9,14,19,24H,10-13H2,1H3,(H,23,26). The van der Waals surface area contributed by atoms with E-state index >= 15 is 0 Å². The zero-order valence-corrected chi connectivity index (χ0v) is 15.7. The topological polar surface area (TPSA) is 84.9 Å². The fourth-order valence-electron chi connectivity index (χ4n) is 4.33. The van der Waals surface area contributed by atoms with Crippen LogP contribution in [0, 0.1) is 5.41 Å². The number of carbonyl (C=O) groups is 2. The van der Waals surface area contributed by atoms with Gasteiger partial charge in [0.15, 0.2) is 0 Å². The van der Waals surface area contributed by atoms with Gasteiger partial charge in [-0.3, -0.25) is 4.79 Å². The lowest BCUT2D eigenvalue weighted by atomic mass is 9.66. The SMILES string of the molecule is COC(=O)C1(CNC(=O)OCC2c3ccccc3-c3ccccc32)CC(O)C1. The number of amides is 1. The van der Waals surface area contributed by atoms with Crippen molar-refractivity contribution in [1.82, 2.24) is 5.32 Å². The number of fused-ring (bicyclic) bond motifs is 3. The van der Waals surface area contributed by atoms with Crippen molar-refractivity contribution < 1.29 is 24.2 Å². The molecule has 0 spiro atoms. The number of carbonyl (C=O) groups excluding carboxylic acids is 2. The van der Waals surface area contributed by atoms with Gasteiger partial charge >= 0.3 is 12.1 Å². The number of methoxy groups -OCH3 is 1. The summed E-state index contributed by atoms with van der Waals surface area (Å²) in [6.07, 6.45) is -0.554. The van der Waals surface area contributed by atoms with E-state index in [0.717, 1.165) is 11.1 Å². The highest BCUT2D eigenvalue weighted by atomic mass is 16.5. The normalized spacial score (nSPS) is 22.6. The molecule has 0 saturated heterocycles. The molecule has 2 aromatic carbocycles. The van der Waals surface area contributed by atoms with Gasteiger partial charge in [0.25, 0.3) is 0 Å². The first-order chi connectivity index (χ1) is 13.5. The predicted molar refractivity (Wildman–Crippen MR) is 103 cm³/mol. The number of esters is 1. The van der Waals surface area contributed by atoms with E-state index in [0.29, 0.717) is 0 Å². The molecule has 2 N–H and O–H groups in total. The fourth-order valence-corrected chi connectivity index (χ4v) is 4.33. The number of hydrogen-bond acceptors (Lipinski definition) is 5. The summed E-state index contributed by atoms with van der Waals surface area (Å²) in [7, 11) is 1.31. The van der Waals surface area contributed by atoms with Gasteiger partial charge in [-0.15, -0.1) is 0 Å².